The number of para-hydroxylation sites is 1. The summed E-state index contributed by atoms with van der Waals surface area (Å²) in [5.74, 6) is -0.0947. The van der Waals surface area contributed by atoms with E-state index in [-0.39, 0.29) is 18.5 Å². The molecular formula is C22H14F6N7O+. The predicted molar refractivity (Wildman–Crippen MR) is 113 cm³/mol. The van der Waals surface area contributed by atoms with Gasteiger partial charge in [0.2, 0.25) is 12.0 Å². The van der Waals surface area contributed by atoms with Gasteiger partial charge >= 0.3 is 12.4 Å². The first kappa shape index (κ1) is 23.3. The van der Waals surface area contributed by atoms with Gasteiger partial charge in [-0.3, -0.25) is 0 Å². The third kappa shape index (κ3) is 4.44. The monoisotopic (exact) mass is 506 g/mol. The van der Waals surface area contributed by atoms with Crippen LogP contribution in [0.4, 0.5) is 32.0 Å². The minimum Gasteiger partial charge on any atom is -0.398 e. The third-order valence-electron chi connectivity index (χ3n) is 5.24. The zero-order valence-electron chi connectivity index (χ0n) is 17.9. The summed E-state index contributed by atoms with van der Waals surface area (Å²) >= 11 is 0. The number of halogens is 6. The Morgan fingerprint density at radius 2 is 1.72 bits per heavy atom. The quantitative estimate of drug-likeness (QED) is 0.209. The summed E-state index contributed by atoms with van der Waals surface area (Å²) in [6, 6.07) is 8.34. The van der Waals surface area contributed by atoms with Crippen LogP contribution in [0, 0.1) is 0 Å². The van der Waals surface area contributed by atoms with Crippen molar-refractivity contribution in [2.24, 2.45) is 0 Å². The number of nitrogens with zero attached hydrogens (tertiary/aromatic N) is 5. The Balaban J connectivity index is 1.44. The number of benzene rings is 2. The van der Waals surface area contributed by atoms with Crippen molar-refractivity contribution in [1.82, 2.24) is 25.2 Å². The van der Waals surface area contributed by atoms with Crippen LogP contribution >= 0.6 is 0 Å². The number of hydrogen-bond acceptors (Lipinski definition) is 6. The van der Waals surface area contributed by atoms with Gasteiger partial charge in [-0.05, 0) is 35.4 Å². The smallest absolute Gasteiger partial charge is 0.398 e. The van der Waals surface area contributed by atoms with Crippen molar-refractivity contribution < 1.29 is 35.5 Å². The van der Waals surface area contributed by atoms with Gasteiger partial charge in [0.05, 0.1) is 11.1 Å². The van der Waals surface area contributed by atoms with Crippen molar-refractivity contribution in [3.8, 4) is 22.8 Å². The van der Waals surface area contributed by atoms with E-state index in [0.29, 0.717) is 40.2 Å². The lowest BCUT2D eigenvalue weighted by molar-refractivity contribution is -0.746. The van der Waals surface area contributed by atoms with E-state index in [1.54, 1.807) is 24.4 Å². The van der Waals surface area contributed by atoms with Crippen LogP contribution in [0.2, 0.25) is 0 Å². The van der Waals surface area contributed by atoms with Crippen LogP contribution in [0.25, 0.3) is 33.8 Å². The standard InChI is InChI=1S/C22H13F6N7O/c23-21(24,25)11-5-6-12(14(7-11)22(26,27)28)20-33-18(36-34-20)10-35-9-17-16(8-30-35)31-19(32-17)13-3-1-2-4-15(13)29/h1-9H,10H2,(H2,29,32)/p+1. The SMILES string of the molecule is Nc1ccccc1-c1nc2cn[n+](Cc3nc(-c4ccc(C(F)(F)F)cc4C(F)(F)F)no3)cc2[nH]1. The second-order valence-corrected chi connectivity index (χ2v) is 7.71. The molecule has 3 N–H and O–H groups in total. The molecule has 3 aromatic heterocycles. The second kappa shape index (κ2) is 8.32. The summed E-state index contributed by atoms with van der Waals surface area (Å²) in [6.45, 7) is -0.118. The maximum Gasteiger partial charge on any atom is 0.417 e. The second-order valence-electron chi connectivity index (χ2n) is 7.71. The maximum absolute atomic E-state index is 13.5. The Labute approximate surface area is 197 Å². The van der Waals surface area contributed by atoms with Gasteiger partial charge < -0.3 is 15.2 Å². The first-order chi connectivity index (χ1) is 17.0. The molecule has 0 aliphatic heterocycles. The number of fused-ring (bicyclic) bond motifs is 1. The van der Waals surface area contributed by atoms with Crippen LogP contribution in [0.1, 0.15) is 17.0 Å². The van der Waals surface area contributed by atoms with Crippen molar-refractivity contribution in [2.45, 2.75) is 18.9 Å². The molecule has 0 aliphatic rings. The number of rotatable bonds is 4. The molecule has 36 heavy (non-hydrogen) atoms. The highest BCUT2D eigenvalue weighted by Crippen LogP contribution is 2.40. The normalized spacial score (nSPS) is 12.4. The average molecular weight is 506 g/mol. The highest BCUT2D eigenvalue weighted by molar-refractivity contribution is 5.80. The molecular weight excluding hydrogens is 492 g/mol. The lowest BCUT2D eigenvalue weighted by atomic mass is 10.0. The first-order valence-electron chi connectivity index (χ1n) is 10.2. The number of H-pyrrole nitrogens is 1. The maximum atomic E-state index is 13.5. The van der Waals surface area contributed by atoms with Crippen molar-refractivity contribution in [2.75, 3.05) is 5.73 Å². The van der Waals surface area contributed by atoms with E-state index >= 15 is 0 Å². The van der Waals surface area contributed by atoms with Crippen molar-refractivity contribution in [3.05, 3.63) is 71.9 Å². The van der Waals surface area contributed by atoms with Gasteiger partial charge in [0.15, 0.2) is 0 Å². The average Bonchev–Trinajstić information content (AvgIpc) is 3.44. The highest BCUT2D eigenvalue weighted by Gasteiger charge is 2.39. The van der Waals surface area contributed by atoms with E-state index in [1.807, 2.05) is 6.07 Å². The van der Waals surface area contributed by atoms with Gasteiger partial charge in [-0.2, -0.15) is 31.3 Å². The van der Waals surface area contributed by atoms with Crippen LogP contribution in [0.15, 0.2) is 59.4 Å². The van der Waals surface area contributed by atoms with E-state index in [9.17, 15) is 26.3 Å². The lowest BCUT2D eigenvalue weighted by Gasteiger charge is -2.14. The van der Waals surface area contributed by atoms with Gasteiger partial charge in [-0.25, -0.2) is 4.98 Å². The van der Waals surface area contributed by atoms with Crippen molar-refractivity contribution >= 4 is 16.7 Å². The number of imidazole rings is 1. The van der Waals surface area contributed by atoms with E-state index < -0.39 is 34.9 Å². The summed E-state index contributed by atoms with van der Waals surface area (Å²) in [7, 11) is 0. The number of aromatic nitrogens is 6. The Bertz CT molecular complexity index is 1570. The minimum absolute atomic E-state index is 0.0188. The summed E-state index contributed by atoms with van der Waals surface area (Å²) in [4.78, 5) is 11.5. The Hall–Kier alpha value is -4.49. The minimum atomic E-state index is -5.07. The van der Waals surface area contributed by atoms with Crippen LogP contribution in [-0.2, 0) is 18.9 Å². The number of nitrogens with one attached hydrogen (secondary N) is 1. The summed E-state index contributed by atoms with van der Waals surface area (Å²) < 4.78 is 85.6. The summed E-state index contributed by atoms with van der Waals surface area (Å²) in [6.07, 6.45) is -6.97. The van der Waals surface area contributed by atoms with Crippen molar-refractivity contribution in [1.29, 1.82) is 0 Å². The largest absolute Gasteiger partial charge is 0.417 e. The van der Waals surface area contributed by atoms with Crippen LogP contribution in [0.3, 0.4) is 0 Å². The number of nitrogens with two attached hydrogens (primary N) is 1. The van der Waals surface area contributed by atoms with Crippen molar-refractivity contribution in [3.63, 3.8) is 0 Å². The fraction of sp³-hybridized carbons (Fsp3) is 0.136. The number of hydrogen-bond donors (Lipinski definition) is 2. The van der Waals surface area contributed by atoms with Gasteiger partial charge in [0.1, 0.15) is 23.1 Å². The van der Waals surface area contributed by atoms with E-state index in [0.717, 1.165) is 0 Å². The van der Waals surface area contributed by atoms with Crippen LogP contribution in [-0.4, -0.2) is 25.2 Å². The van der Waals surface area contributed by atoms with E-state index in [4.69, 9.17) is 10.3 Å². The molecule has 5 aromatic rings. The first-order valence-corrected chi connectivity index (χ1v) is 10.2. The molecule has 0 spiro atoms. The third-order valence-corrected chi connectivity index (χ3v) is 5.24. The number of alkyl halides is 6. The summed E-state index contributed by atoms with van der Waals surface area (Å²) in [5, 5.41) is 7.70. The molecule has 0 bridgehead atoms. The Morgan fingerprint density at radius 3 is 2.44 bits per heavy atom. The molecule has 0 amide bonds. The number of anilines is 1. The molecule has 8 nitrogen and oxygen atoms in total. The topological polar surface area (TPSA) is 110 Å². The molecule has 0 saturated carbocycles. The predicted octanol–water partition coefficient (Wildman–Crippen LogP) is 4.63. The zero-order chi connectivity index (χ0) is 25.7. The van der Waals surface area contributed by atoms with Crippen LogP contribution < -0.4 is 10.4 Å². The molecule has 0 aliphatic carbocycles. The molecule has 184 valence electrons. The molecule has 0 unspecified atom stereocenters. The Morgan fingerprint density at radius 1 is 0.944 bits per heavy atom. The molecule has 0 radical (unpaired) electrons. The van der Waals surface area contributed by atoms with Gasteiger partial charge in [-0.15, -0.1) is 0 Å². The van der Waals surface area contributed by atoms with Gasteiger partial charge in [0, 0.05) is 16.8 Å². The fourth-order valence-corrected chi connectivity index (χ4v) is 3.55. The molecule has 2 aromatic carbocycles. The molecule has 5 rings (SSSR count). The van der Waals surface area contributed by atoms with Crippen LogP contribution in [0.5, 0.6) is 0 Å². The zero-order valence-corrected chi connectivity index (χ0v) is 17.9. The molecule has 3 heterocycles. The molecule has 0 atom stereocenters. The van der Waals surface area contributed by atoms with Gasteiger partial charge in [-0.1, -0.05) is 22.0 Å². The molecule has 0 fully saturated rings. The lowest BCUT2D eigenvalue weighted by Crippen LogP contribution is -2.38. The highest BCUT2D eigenvalue weighted by atomic mass is 19.4. The number of aromatic amines is 1. The van der Waals surface area contributed by atoms with Gasteiger partial charge in [0.25, 0.3) is 12.4 Å². The molecule has 14 heteroatoms. The van der Waals surface area contributed by atoms with E-state index in [2.05, 4.69) is 25.2 Å². The Kier molecular flexibility index (Phi) is 5.38. The number of nitrogen functional groups attached to an aromatic ring is 1. The van der Waals surface area contributed by atoms with E-state index in [1.165, 1.54) is 10.9 Å². The fourth-order valence-electron chi connectivity index (χ4n) is 3.55. The summed E-state index contributed by atoms with van der Waals surface area (Å²) in [5.41, 5.74) is 4.73. The molecule has 0 saturated heterocycles.